The van der Waals surface area contributed by atoms with Gasteiger partial charge in [-0.05, 0) is 29.8 Å². The van der Waals surface area contributed by atoms with Crippen LogP contribution in [-0.4, -0.2) is 37.5 Å². The van der Waals surface area contributed by atoms with E-state index >= 15 is 0 Å². The summed E-state index contributed by atoms with van der Waals surface area (Å²) in [4.78, 5) is 25.8. The van der Waals surface area contributed by atoms with Gasteiger partial charge in [0, 0.05) is 30.8 Å². The van der Waals surface area contributed by atoms with Crippen LogP contribution in [0.1, 0.15) is 15.9 Å². The van der Waals surface area contributed by atoms with Crippen molar-refractivity contribution in [2.45, 2.75) is 6.54 Å². The molecule has 6 heteroatoms. The summed E-state index contributed by atoms with van der Waals surface area (Å²) in [5.41, 5.74) is 2.07. The zero-order valence-electron chi connectivity index (χ0n) is 13.6. The van der Waals surface area contributed by atoms with Crippen molar-refractivity contribution < 1.29 is 14.3 Å². The number of amides is 1. The zero-order chi connectivity index (χ0) is 17.5. The molecular weight excluding hydrogens is 372 g/mol. The first kappa shape index (κ1) is 18.0. The maximum Gasteiger partial charge on any atom is 0.340 e. The molecule has 2 rings (SSSR count). The minimum atomic E-state index is -0.523. The topological polar surface area (TPSA) is 58.6 Å². The van der Waals surface area contributed by atoms with Crippen molar-refractivity contribution in [3.63, 3.8) is 0 Å². The molecule has 1 N–H and O–H groups in total. The number of hydrogen-bond donors (Lipinski definition) is 1. The number of likely N-dealkylation sites (N-methyl/N-ethyl adjacent to an activating group) is 1. The number of carbonyl (C=O) groups excluding carboxylic acids is 2. The van der Waals surface area contributed by atoms with Crippen LogP contribution in [0.25, 0.3) is 0 Å². The largest absolute Gasteiger partial charge is 0.452 e. The van der Waals surface area contributed by atoms with Crippen molar-refractivity contribution >= 4 is 33.5 Å². The monoisotopic (exact) mass is 390 g/mol. The van der Waals surface area contributed by atoms with Crippen molar-refractivity contribution in [2.75, 3.05) is 26.0 Å². The Morgan fingerprint density at radius 1 is 1.12 bits per heavy atom. The molecule has 0 radical (unpaired) electrons. The Balaban J connectivity index is 1.90. The van der Waals surface area contributed by atoms with Gasteiger partial charge in [0.05, 0.1) is 5.56 Å². The summed E-state index contributed by atoms with van der Waals surface area (Å²) in [6.45, 7) is 0.167. The molecule has 126 valence electrons. The first-order chi connectivity index (χ1) is 11.5. The van der Waals surface area contributed by atoms with Crippen LogP contribution in [0, 0.1) is 0 Å². The lowest BCUT2D eigenvalue weighted by molar-refractivity contribution is -0.133. The molecule has 0 bridgehead atoms. The SMILES string of the molecule is CNc1ccccc1C(=O)OCC(=O)N(C)Cc1ccc(Br)cc1. The van der Waals surface area contributed by atoms with E-state index < -0.39 is 5.97 Å². The van der Waals surface area contributed by atoms with Crippen molar-refractivity contribution in [2.24, 2.45) is 0 Å². The molecule has 0 fully saturated rings. The summed E-state index contributed by atoms with van der Waals surface area (Å²) in [5.74, 6) is -0.779. The first-order valence-electron chi connectivity index (χ1n) is 7.43. The molecule has 0 heterocycles. The lowest BCUT2D eigenvalue weighted by Gasteiger charge is -2.17. The maximum atomic E-state index is 12.1. The number of benzene rings is 2. The van der Waals surface area contributed by atoms with E-state index in [4.69, 9.17) is 4.74 Å². The molecule has 0 spiro atoms. The highest BCUT2D eigenvalue weighted by Gasteiger charge is 2.15. The van der Waals surface area contributed by atoms with E-state index in [1.54, 1.807) is 32.3 Å². The molecule has 0 unspecified atom stereocenters. The number of halogens is 1. The standard InChI is InChI=1S/C18H19BrN2O3/c1-20-16-6-4-3-5-15(16)18(23)24-12-17(22)21(2)11-13-7-9-14(19)10-8-13/h3-10,20H,11-12H2,1-2H3. The van der Waals surface area contributed by atoms with Gasteiger partial charge in [0.2, 0.25) is 0 Å². The summed E-state index contributed by atoms with van der Waals surface area (Å²) in [6.07, 6.45) is 0. The predicted octanol–water partition coefficient (Wildman–Crippen LogP) is 3.31. The van der Waals surface area contributed by atoms with Gasteiger partial charge in [-0.15, -0.1) is 0 Å². The Bertz CT molecular complexity index is 716. The minimum absolute atomic E-state index is 0.256. The molecule has 0 aliphatic carbocycles. The summed E-state index contributed by atoms with van der Waals surface area (Å²) >= 11 is 3.37. The number of nitrogens with one attached hydrogen (secondary N) is 1. The predicted molar refractivity (Wildman–Crippen MR) is 96.9 cm³/mol. The van der Waals surface area contributed by atoms with Crippen LogP contribution in [0.4, 0.5) is 5.69 Å². The zero-order valence-corrected chi connectivity index (χ0v) is 15.2. The molecular formula is C18H19BrN2O3. The van der Waals surface area contributed by atoms with Gasteiger partial charge in [-0.3, -0.25) is 4.79 Å². The normalized spacial score (nSPS) is 10.1. The second-order valence-electron chi connectivity index (χ2n) is 5.25. The van der Waals surface area contributed by atoms with E-state index in [0.717, 1.165) is 10.0 Å². The summed E-state index contributed by atoms with van der Waals surface area (Å²) in [5, 5.41) is 2.92. The number of ether oxygens (including phenoxy) is 1. The summed E-state index contributed by atoms with van der Waals surface area (Å²) in [7, 11) is 3.41. The number of esters is 1. The molecule has 24 heavy (non-hydrogen) atoms. The third kappa shape index (κ3) is 4.83. The Morgan fingerprint density at radius 3 is 2.46 bits per heavy atom. The van der Waals surface area contributed by atoms with E-state index in [9.17, 15) is 9.59 Å². The Morgan fingerprint density at radius 2 is 1.79 bits per heavy atom. The molecule has 0 atom stereocenters. The number of para-hydroxylation sites is 1. The molecule has 0 aliphatic heterocycles. The fourth-order valence-electron chi connectivity index (χ4n) is 2.15. The van der Waals surface area contributed by atoms with Crippen LogP contribution in [0.15, 0.2) is 53.0 Å². The van der Waals surface area contributed by atoms with Crippen LogP contribution >= 0.6 is 15.9 Å². The lowest BCUT2D eigenvalue weighted by atomic mass is 10.2. The Kier molecular flexibility index (Phi) is 6.37. The van der Waals surface area contributed by atoms with Crippen molar-refractivity contribution in [1.82, 2.24) is 4.90 Å². The lowest BCUT2D eigenvalue weighted by Crippen LogP contribution is -2.30. The summed E-state index contributed by atoms with van der Waals surface area (Å²) in [6, 6.07) is 14.7. The molecule has 2 aromatic rings. The van der Waals surface area contributed by atoms with Crippen LogP contribution in [-0.2, 0) is 16.1 Å². The van der Waals surface area contributed by atoms with Crippen molar-refractivity contribution in [3.8, 4) is 0 Å². The molecule has 1 amide bonds. The van der Waals surface area contributed by atoms with Crippen LogP contribution in [0.2, 0.25) is 0 Å². The smallest absolute Gasteiger partial charge is 0.340 e. The number of hydrogen-bond acceptors (Lipinski definition) is 4. The second-order valence-corrected chi connectivity index (χ2v) is 6.16. The average molecular weight is 391 g/mol. The second kappa shape index (κ2) is 8.49. The Labute approximate surface area is 149 Å². The summed E-state index contributed by atoms with van der Waals surface area (Å²) < 4.78 is 6.12. The fourth-order valence-corrected chi connectivity index (χ4v) is 2.41. The van der Waals surface area contributed by atoms with Gasteiger partial charge in [-0.1, -0.05) is 40.2 Å². The van der Waals surface area contributed by atoms with Crippen molar-refractivity contribution in [3.05, 3.63) is 64.1 Å². The third-order valence-electron chi connectivity index (χ3n) is 3.50. The average Bonchev–Trinajstić information content (AvgIpc) is 2.61. The number of nitrogens with zero attached hydrogens (tertiary/aromatic N) is 1. The van der Waals surface area contributed by atoms with Gasteiger partial charge in [0.15, 0.2) is 6.61 Å². The first-order valence-corrected chi connectivity index (χ1v) is 8.23. The molecule has 5 nitrogen and oxygen atoms in total. The van der Waals surface area contributed by atoms with E-state index in [1.807, 2.05) is 30.3 Å². The highest BCUT2D eigenvalue weighted by molar-refractivity contribution is 9.10. The quantitative estimate of drug-likeness (QED) is 0.768. The highest BCUT2D eigenvalue weighted by atomic mass is 79.9. The van der Waals surface area contributed by atoms with E-state index in [1.165, 1.54) is 4.90 Å². The fraction of sp³-hybridized carbons (Fsp3) is 0.222. The minimum Gasteiger partial charge on any atom is -0.452 e. The van der Waals surface area contributed by atoms with Gasteiger partial charge in [0.25, 0.3) is 5.91 Å². The van der Waals surface area contributed by atoms with Crippen LogP contribution in [0.5, 0.6) is 0 Å². The highest BCUT2D eigenvalue weighted by Crippen LogP contribution is 2.15. The van der Waals surface area contributed by atoms with Gasteiger partial charge >= 0.3 is 5.97 Å². The maximum absolute atomic E-state index is 12.1. The van der Waals surface area contributed by atoms with E-state index in [-0.39, 0.29) is 12.5 Å². The molecule has 0 saturated heterocycles. The van der Waals surface area contributed by atoms with E-state index in [2.05, 4.69) is 21.2 Å². The van der Waals surface area contributed by atoms with E-state index in [0.29, 0.717) is 17.8 Å². The molecule has 2 aromatic carbocycles. The van der Waals surface area contributed by atoms with Crippen LogP contribution in [0.3, 0.4) is 0 Å². The number of carbonyl (C=O) groups is 2. The Hall–Kier alpha value is -2.34. The number of rotatable bonds is 6. The van der Waals surface area contributed by atoms with Gasteiger partial charge in [-0.2, -0.15) is 0 Å². The van der Waals surface area contributed by atoms with Crippen LogP contribution < -0.4 is 5.32 Å². The molecule has 0 aliphatic rings. The molecule has 0 saturated carbocycles. The molecule has 0 aromatic heterocycles. The van der Waals surface area contributed by atoms with Gasteiger partial charge in [0.1, 0.15) is 0 Å². The van der Waals surface area contributed by atoms with Crippen molar-refractivity contribution in [1.29, 1.82) is 0 Å². The van der Waals surface area contributed by atoms with Gasteiger partial charge in [-0.25, -0.2) is 4.79 Å². The third-order valence-corrected chi connectivity index (χ3v) is 4.03. The van der Waals surface area contributed by atoms with Gasteiger partial charge < -0.3 is 15.0 Å². The number of anilines is 1.